The quantitative estimate of drug-likeness (QED) is 0.939. The van der Waals surface area contributed by atoms with Crippen LogP contribution in [0, 0.1) is 0 Å². The second-order valence-electron chi connectivity index (χ2n) is 5.26. The van der Waals surface area contributed by atoms with Crippen molar-refractivity contribution in [3.63, 3.8) is 0 Å². The number of thioether (sulfide) groups is 1. The maximum atomic E-state index is 4.12. The van der Waals surface area contributed by atoms with Crippen molar-refractivity contribution in [1.82, 2.24) is 14.8 Å². The standard InChI is InChI=1S/C15H20N4S/c1-12-15(3-2-8-20-12)18-14-6-4-13(5-7-14)9-19-11-16-10-17-19/h4-7,10-12,15,18H,2-3,8-9H2,1H3. The summed E-state index contributed by atoms with van der Waals surface area (Å²) >= 11 is 2.07. The average Bonchev–Trinajstić information content (AvgIpc) is 2.96. The molecule has 0 saturated carbocycles. The van der Waals surface area contributed by atoms with Gasteiger partial charge in [-0.1, -0.05) is 19.1 Å². The van der Waals surface area contributed by atoms with Gasteiger partial charge in [0.1, 0.15) is 12.7 Å². The summed E-state index contributed by atoms with van der Waals surface area (Å²) in [4.78, 5) is 3.96. The Balaban J connectivity index is 1.61. The summed E-state index contributed by atoms with van der Waals surface area (Å²) in [7, 11) is 0. The summed E-state index contributed by atoms with van der Waals surface area (Å²) < 4.78 is 1.84. The predicted molar refractivity (Wildman–Crippen MR) is 84.1 cm³/mol. The van der Waals surface area contributed by atoms with E-state index in [1.54, 1.807) is 12.7 Å². The van der Waals surface area contributed by atoms with Gasteiger partial charge in [0.15, 0.2) is 0 Å². The molecular formula is C15H20N4S. The van der Waals surface area contributed by atoms with E-state index in [1.165, 1.54) is 29.8 Å². The van der Waals surface area contributed by atoms with Crippen molar-refractivity contribution in [3.05, 3.63) is 42.5 Å². The van der Waals surface area contributed by atoms with Gasteiger partial charge in [-0.2, -0.15) is 16.9 Å². The Morgan fingerprint density at radius 1 is 1.35 bits per heavy atom. The molecule has 4 nitrogen and oxygen atoms in total. The molecule has 5 heteroatoms. The summed E-state index contributed by atoms with van der Waals surface area (Å²) in [6.45, 7) is 3.09. The monoisotopic (exact) mass is 288 g/mol. The molecule has 2 heterocycles. The van der Waals surface area contributed by atoms with Crippen LogP contribution in [0.2, 0.25) is 0 Å². The van der Waals surface area contributed by atoms with Gasteiger partial charge >= 0.3 is 0 Å². The lowest BCUT2D eigenvalue weighted by atomic mass is 10.1. The highest BCUT2D eigenvalue weighted by Gasteiger charge is 2.21. The molecule has 1 N–H and O–H groups in total. The minimum atomic E-state index is 0.593. The van der Waals surface area contributed by atoms with Gasteiger partial charge in [0.05, 0.1) is 6.54 Å². The highest BCUT2D eigenvalue weighted by molar-refractivity contribution is 8.00. The Hall–Kier alpha value is -1.49. The first-order valence-corrected chi connectivity index (χ1v) is 8.15. The summed E-state index contributed by atoms with van der Waals surface area (Å²) in [5, 5.41) is 8.48. The van der Waals surface area contributed by atoms with E-state index < -0.39 is 0 Å². The van der Waals surface area contributed by atoms with Crippen LogP contribution in [0.1, 0.15) is 25.3 Å². The molecule has 1 aliphatic heterocycles. The molecule has 1 aliphatic rings. The molecule has 1 fully saturated rings. The van der Waals surface area contributed by atoms with E-state index in [9.17, 15) is 0 Å². The summed E-state index contributed by atoms with van der Waals surface area (Å²) in [6, 6.07) is 9.24. The SMILES string of the molecule is CC1SCCCC1Nc1ccc(Cn2cncn2)cc1. The zero-order valence-corrected chi connectivity index (χ0v) is 12.5. The molecule has 1 aromatic heterocycles. The fourth-order valence-electron chi connectivity index (χ4n) is 2.53. The average molecular weight is 288 g/mol. The Bertz CT molecular complexity index is 523. The van der Waals surface area contributed by atoms with Crippen molar-refractivity contribution in [2.45, 2.75) is 37.6 Å². The van der Waals surface area contributed by atoms with Gasteiger partial charge in [-0.15, -0.1) is 0 Å². The van der Waals surface area contributed by atoms with Gasteiger partial charge in [-0.25, -0.2) is 9.67 Å². The molecule has 0 bridgehead atoms. The van der Waals surface area contributed by atoms with Gasteiger partial charge in [0, 0.05) is 17.0 Å². The molecule has 1 saturated heterocycles. The number of aromatic nitrogens is 3. The molecule has 2 atom stereocenters. The van der Waals surface area contributed by atoms with E-state index in [0.717, 1.165) is 6.54 Å². The number of rotatable bonds is 4. The van der Waals surface area contributed by atoms with E-state index in [0.29, 0.717) is 11.3 Å². The molecule has 0 aliphatic carbocycles. The lowest BCUT2D eigenvalue weighted by Gasteiger charge is -2.30. The highest BCUT2D eigenvalue weighted by Crippen LogP contribution is 2.27. The molecule has 20 heavy (non-hydrogen) atoms. The Labute approximate surface area is 124 Å². The van der Waals surface area contributed by atoms with Gasteiger partial charge in [-0.3, -0.25) is 0 Å². The van der Waals surface area contributed by atoms with Gasteiger partial charge in [0.25, 0.3) is 0 Å². The van der Waals surface area contributed by atoms with Crippen LogP contribution in [-0.2, 0) is 6.54 Å². The fraction of sp³-hybridized carbons (Fsp3) is 0.467. The Kier molecular flexibility index (Phi) is 4.25. The van der Waals surface area contributed by atoms with Crippen LogP contribution < -0.4 is 5.32 Å². The van der Waals surface area contributed by atoms with Gasteiger partial charge in [0.2, 0.25) is 0 Å². The van der Waals surface area contributed by atoms with Crippen LogP contribution in [-0.4, -0.2) is 31.8 Å². The highest BCUT2D eigenvalue weighted by atomic mass is 32.2. The summed E-state index contributed by atoms with van der Waals surface area (Å²) in [5.74, 6) is 1.30. The number of anilines is 1. The smallest absolute Gasteiger partial charge is 0.137 e. The molecular weight excluding hydrogens is 268 g/mol. The van der Waals surface area contributed by atoms with Crippen molar-refractivity contribution in [3.8, 4) is 0 Å². The predicted octanol–water partition coefficient (Wildman–Crippen LogP) is 3.02. The zero-order chi connectivity index (χ0) is 13.8. The number of nitrogens with zero attached hydrogens (tertiary/aromatic N) is 3. The topological polar surface area (TPSA) is 42.7 Å². The minimum Gasteiger partial charge on any atom is -0.381 e. The van der Waals surface area contributed by atoms with E-state index in [2.05, 4.69) is 58.4 Å². The lowest BCUT2D eigenvalue weighted by molar-refractivity contribution is 0.617. The van der Waals surface area contributed by atoms with Crippen molar-refractivity contribution < 1.29 is 0 Å². The van der Waals surface area contributed by atoms with Crippen molar-refractivity contribution in [1.29, 1.82) is 0 Å². The maximum Gasteiger partial charge on any atom is 0.137 e. The van der Waals surface area contributed by atoms with Crippen LogP contribution in [0.15, 0.2) is 36.9 Å². The van der Waals surface area contributed by atoms with Crippen LogP contribution in [0.25, 0.3) is 0 Å². The normalized spacial score (nSPS) is 22.6. The minimum absolute atomic E-state index is 0.593. The third-order valence-electron chi connectivity index (χ3n) is 3.72. The number of nitrogens with one attached hydrogen (secondary N) is 1. The van der Waals surface area contributed by atoms with Crippen molar-refractivity contribution in [2.24, 2.45) is 0 Å². The first-order valence-electron chi connectivity index (χ1n) is 7.11. The van der Waals surface area contributed by atoms with Crippen LogP contribution in [0.5, 0.6) is 0 Å². The van der Waals surface area contributed by atoms with Crippen LogP contribution in [0.3, 0.4) is 0 Å². The van der Waals surface area contributed by atoms with E-state index in [4.69, 9.17) is 0 Å². The number of benzene rings is 1. The molecule has 0 spiro atoms. The molecule has 3 rings (SSSR count). The molecule has 106 valence electrons. The Morgan fingerprint density at radius 2 is 2.20 bits per heavy atom. The van der Waals surface area contributed by atoms with E-state index in [-0.39, 0.29) is 0 Å². The number of hydrogen-bond donors (Lipinski definition) is 1. The summed E-state index contributed by atoms with van der Waals surface area (Å²) in [5.41, 5.74) is 2.46. The van der Waals surface area contributed by atoms with E-state index >= 15 is 0 Å². The fourth-order valence-corrected chi connectivity index (χ4v) is 3.68. The largest absolute Gasteiger partial charge is 0.381 e. The van der Waals surface area contributed by atoms with Crippen molar-refractivity contribution in [2.75, 3.05) is 11.1 Å². The Morgan fingerprint density at radius 3 is 2.90 bits per heavy atom. The van der Waals surface area contributed by atoms with Gasteiger partial charge in [-0.05, 0) is 36.3 Å². The second-order valence-corrected chi connectivity index (χ2v) is 6.74. The van der Waals surface area contributed by atoms with Crippen LogP contribution in [0.4, 0.5) is 5.69 Å². The van der Waals surface area contributed by atoms with Crippen molar-refractivity contribution >= 4 is 17.4 Å². The molecule has 2 aromatic rings. The molecule has 0 radical (unpaired) electrons. The second kappa shape index (κ2) is 6.31. The number of hydrogen-bond acceptors (Lipinski definition) is 4. The van der Waals surface area contributed by atoms with Crippen LogP contribution >= 0.6 is 11.8 Å². The third kappa shape index (κ3) is 3.33. The first kappa shape index (κ1) is 13.5. The summed E-state index contributed by atoms with van der Waals surface area (Å²) in [6.07, 6.45) is 5.90. The first-order chi connectivity index (χ1) is 9.81. The zero-order valence-electron chi connectivity index (χ0n) is 11.7. The molecule has 2 unspecified atom stereocenters. The maximum absolute atomic E-state index is 4.12. The van der Waals surface area contributed by atoms with E-state index in [1.807, 2.05) is 4.68 Å². The molecule has 0 amide bonds. The van der Waals surface area contributed by atoms with Gasteiger partial charge < -0.3 is 5.32 Å². The molecule has 1 aromatic carbocycles. The third-order valence-corrected chi connectivity index (χ3v) is 5.10. The lowest BCUT2D eigenvalue weighted by Crippen LogP contribution is -2.32.